The second kappa shape index (κ2) is 54.5. The highest BCUT2D eigenvalue weighted by Crippen LogP contribution is 2.27. The Kier molecular flexibility index (Phi) is 43.3. The monoisotopic (exact) mass is 2010 g/mol. The number of aliphatic hydroxyl groups is 2. The predicted molar refractivity (Wildman–Crippen MR) is 518 cm³/mol. The molecule has 48 nitrogen and oxygen atoms in total. The molecule has 48 heteroatoms. The molecule has 5 heterocycles. The number of hydrogen-bond acceptors (Lipinski definition) is 25. The molecule has 1 aromatic heterocycles. The van der Waals surface area contributed by atoms with Gasteiger partial charge in [-0.2, -0.15) is 0 Å². The van der Waals surface area contributed by atoms with Crippen LogP contribution in [0.3, 0.4) is 0 Å². The number of nitrogens with one attached hydrogen (secondary N) is 17. The number of aromatic amines is 1. The van der Waals surface area contributed by atoms with Gasteiger partial charge in [0, 0.05) is 64.5 Å². The number of benzene rings is 3. The molecule has 28 N–H and O–H groups in total. The van der Waals surface area contributed by atoms with Gasteiger partial charge in [0.25, 0.3) is 0 Å². The van der Waals surface area contributed by atoms with Crippen molar-refractivity contribution in [2.75, 3.05) is 26.2 Å². The molecular weight excluding hydrogens is 1870 g/mol. The van der Waals surface area contributed by atoms with E-state index in [9.17, 15) is 87.2 Å². The minimum Gasteiger partial charge on any atom is -0.508 e. The number of carbonyl (C=O) groups excluding carboxylic acids is 20. The number of phenolic OH excluding ortho intramolecular Hbond substituents is 1. The van der Waals surface area contributed by atoms with E-state index in [-0.39, 0.29) is 115 Å². The molecule has 0 spiro atoms. The summed E-state index contributed by atoms with van der Waals surface area (Å²) in [5.41, 5.74) is 24.1. The first-order chi connectivity index (χ1) is 68.1. The van der Waals surface area contributed by atoms with Crippen molar-refractivity contribution in [3.8, 4) is 5.75 Å². The Balaban J connectivity index is 1.18. The Hall–Kier alpha value is -14.7. The SMILES string of the molecule is CCC(C)[C@@H]1NC(=O)[C@H](CC(N)=O)NC(=O)[C@H](Cc2ccc(O)cc2)NC(=O)[C@H](Cc2ccccc2)NC(=O)[C@H](Cc2ccccc2)NC(=O)[C@H](Cc2c[nH]cn2)NC(=O)[C@H](C(C)C)NC(=O)[C@H](C(C)C)NC(=O)[C@@H]2CCCN2C(=O)[C@H](CC(N)=O)NC(=O)[C@H](CCC(N)=O)NC(=O)[C@@H]2CCCN2C(=O)[C@H](C(C)O)NC(=O)[C@H](CCCNC(=N)N)NC(=O)[C@@H]2CCCN2C(=O)[C@H](C(C)O)NC(=O)[C@H](C(C)C)NC1=O. The van der Waals surface area contributed by atoms with Crippen LogP contribution in [0.15, 0.2) is 97.5 Å². The van der Waals surface area contributed by atoms with E-state index in [1.54, 1.807) is 102 Å². The second-order valence-corrected chi connectivity index (χ2v) is 37.9. The molecule has 4 fully saturated rings. The Bertz CT molecular complexity index is 5210. The molecule has 20 amide bonds. The van der Waals surface area contributed by atoms with Crippen molar-refractivity contribution in [3.63, 3.8) is 0 Å². The summed E-state index contributed by atoms with van der Waals surface area (Å²) in [7, 11) is 0. The van der Waals surface area contributed by atoms with E-state index in [1.165, 1.54) is 50.6 Å². The van der Waals surface area contributed by atoms with Crippen LogP contribution in [0.2, 0.25) is 0 Å². The predicted octanol–water partition coefficient (Wildman–Crippen LogP) is -5.79. The molecule has 4 aliphatic heterocycles. The third kappa shape index (κ3) is 33.5. The number of phenols is 1. The largest absolute Gasteiger partial charge is 0.508 e. The second-order valence-electron chi connectivity index (χ2n) is 37.9. The first-order valence-electron chi connectivity index (χ1n) is 48.4. The number of aromatic nitrogens is 2. The first-order valence-corrected chi connectivity index (χ1v) is 48.4. The number of primary amides is 3. The third-order valence-corrected chi connectivity index (χ3v) is 25.6. The van der Waals surface area contributed by atoms with Crippen molar-refractivity contribution in [1.29, 1.82) is 5.41 Å². The lowest BCUT2D eigenvalue weighted by atomic mass is 9.95. The zero-order chi connectivity index (χ0) is 106. The molecule has 144 heavy (non-hydrogen) atoms. The highest BCUT2D eigenvalue weighted by molar-refractivity contribution is 6.04. The minimum atomic E-state index is -1.94. The normalized spacial score (nSPS) is 26.3. The van der Waals surface area contributed by atoms with E-state index >= 15 is 24.0 Å². The van der Waals surface area contributed by atoms with E-state index in [2.05, 4.69) is 89.7 Å². The van der Waals surface area contributed by atoms with Gasteiger partial charge in [0.15, 0.2) is 5.96 Å². The van der Waals surface area contributed by atoms with Crippen LogP contribution in [0.1, 0.15) is 175 Å². The molecule has 20 atom stereocenters. The Morgan fingerprint density at radius 3 is 1.12 bits per heavy atom. The molecule has 4 saturated heterocycles. The molecular formula is C96H139N25O23. The molecule has 8 rings (SSSR count). The summed E-state index contributed by atoms with van der Waals surface area (Å²) >= 11 is 0. The average molecular weight is 2010 g/mol. The van der Waals surface area contributed by atoms with Gasteiger partial charge in [-0.1, -0.05) is 135 Å². The molecule has 0 radical (unpaired) electrons. The molecule has 3 unspecified atom stereocenters. The van der Waals surface area contributed by atoms with Crippen molar-refractivity contribution in [3.05, 3.63) is 120 Å². The van der Waals surface area contributed by atoms with Gasteiger partial charge in [-0.15, -0.1) is 0 Å². The standard InChI is InChI=1S/C96H139N25O23/c1-11-51(8)76-92(141)115-75(50(6)7)91(140)118-78(53(10)123)95(144)121-39-20-27-67(121)86(135)105-59(26-18-36-103-96(100)101)80(129)117-77(52(9)122)94(143)120-38-21-28-68(120)87(136)106-60(34-35-70(97)125)79(128)112-66(45-72(99)127)93(142)119-37-19-29-69(119)88(137)113-74(49(4)5)90(139)114-73(48(2)3)89(138)111-64(43-57-46-102-47-104-57)84(133)109-62(41-55-24-16-13-17-25-55)82(131)107-61(40-54-22-14-12-15-23-54)81(130)108-63(42-56-30-32-58(124)33-31-56)83(132)110-65(44-71(98)126)85(134)116-76/h12-17,22-25,30-33,46-53,59-69,73-78,122-124H,11,18-21,26-29,34-45H2,1-10H3,(H2,97,125)(H2,98,126)(H2,99,127)(H,102,104)(H,105,135)(H,106,136)(H,107,131)(H,108,130)(H,109,133)(H,110,132)(H,111,138)(H,112,128)(H,113,137)(H,114,139)(H,115,141)(H,116,134)(H,117,129)(H,118,140)(H4,100,101,103)/t51?,52?,53?,59-,60-,61-,62-,63-,64-,65-,66-,67-,68-,69-,73-,74-,75-,76-,77-,78-/m0/s1. The number of imidazole rings is 1. The fourth-order valence-corrected chi connectivity index (χ4v) is 17.4. The van der Waals surface area contributed by atoms with Crippen LogP contribution in [-0.4, -0.2) is 305 Å². The Labute approximate surface area is 833 Å². The number of guanidine groups is 1. The lowest BCUT2D eigenvalue weighted by Gasteiger charge is -2.33. The van der Waals surface area contributed by atoms with Gasteiger partial charge in [-0.25, -0.2) is 4.98 Å². The summed E-state index contributed by atoms with van der Waals surface area (Å²) in [5, 5.41) is 80.0. The molecule has 786 valence electrons. The molecule has 3 aromatic carbocycles. The van der Waals surface area contributed by atoms with Gasteiger partial charge in [0.05, 0.1) is 37.1 Å². The number of hydrogen-bond donors (Lipinski definition) is 24. The highest BCUT2D eigenvalue weighted by atomic mass is 16.3. The molecule has 0 saturated carbocycles. The average Bonchev–Trinajstić information content (AvgIpc) is 1.56. The van der Waals surface area contributed by atoms with Gasteiger partial charge in [0.1, 0.15) is 108 Å². The minimum absolute atomic E-state index is 0.0107. The lowest BCUT2D eigenvalue weighted by molar-refractivity contribution is -0.146. The van der Waals surface area contributed by atoms with Crippen LogP contribution in [0.4, 0.5) is 0 Å². The number of fused-ring (bicyclic) bond motifs is 3. The Morgan fingerprint density at radius 1 is 0.389 bits per heavy atom. The highest BCUT2D eigenvalue weighted by Gasteiger charge is 2.48. The van der Waals surface area contributed by atoms with Gasteiger partial charge >= 0.3 is 0 Å². The van der Waals surface area contributed by atoms with Crippen LogP contribution in [0.5, 0.6) is 5.75 Å². The number of nitrogens with zero attached hydrogens (tertiary/aromatic N) is 4. The summed E-state index contributed by atoms with van der Waals surface area (Å²) in [6.07, 6.45) is -4.99. The molecule has 0 aliphatic carbocycles. The van der Waals surface area contributed by atoms with Crippen molar-refractivity contribution in [2.24, 2.45) is 46.6 Å². The summed E-state index contributed by atoms with van der Waals surface area (Å²) < 4.78 is 0. The van der Waals surface area contributed by atoms with E-state index in [1.807, 2.05) is 0 Å². The lowest BCUT2D eigenvalue weighted by Crippen LogP contribution is -2.63. The topological polar surface area (TPSA) is 749 Å². The number of H-pyrrole nitrogens is 1. The van der Waals surface area contributed by atoms with E-state index in [0.717, 1.165) is 28.5 Å². The fourth-order valence-electron chi connectivity index (χ4n) is 17.4. The summed E-state index contributed by atoms with van der Waals surface area (Å²) in [6, 6.07) is -6.13. The summed E-state index contributed by atoms with van der Waals surface area (Å²) in [5.74, 6) is -24.7. The van der Waals surface area contributed by atoms with E-state index in [0.29, 0.717) is 16.7 Å². The van der Waals surface area contributed by atoms with Crippen molar-refractivity contribution >= 4 is 124 Å². The van der Waals surface area contributed by atoms with Crippen LogP contribution >= 0.6 is 0 Å². The van der Waals surface area contributed by atoms with Crippen LogP contribution < -0.4 is 103 Å². The number of nitrogens with two attached hydrogens (primary N) is 4. The number of amides is 20. The van der Waals surface area contributed by atoms with Gasteiger partial charge in [-0.05, 0) is 124 Å². The van der Waals surface area contributed by atoms with Crippen molar-refractivity contribution in [2.45, 2.75) is 293 Å². The maximum Gasteiger partial charge on any atom is 0.248 e. The number of aromatic hydroxyl groups is 1. The summed E-state index contributed by atoms with van der Waals surface area (Å²) in [6.45, 7) is 14.3. The molecule has 4 aliphatic rings. The maximum atomic E-state index is 15.4. The molecule has 0 bridgehead atoms. The number of carbonyl (C=O) groups is 20. The van der Waals surface area contributed by atoms with E-state index < -0.39 is 295 Å². The van der Waals surface area contributed by atoms with Crippen molar-refractivity contribution in [1.82, 2.24) is 104 Å². The van der Waals surface area contributed by atoms with Gasteiger partial charge in [0.2, 0.25) is 118 Å². The van der Waals surface area contributed by atoms with Crippen molar-refractivity contribution < 1.29 is 111 Å². The third-order valence-electron chi connectivity index (χ3n) is 25.6. The first kappa shape index (κ1) is 115. The smallest absolute Gasteiger partial charge is 0.248 e. The van der Waals surface area contributed by atoms with Gasteiger partial charge in [-0.3, -0.25) is 101 Å². The van der Waals surface area contributed by atoms with Crippen LogP contribution in [0, 0.1) is 29.1 Å². The van der Waals surface area contributed by atoms with Crippen LogP contribution in [-0.2, 0) is 122 Å². The van der Waals surface area contributed by atoms with Gasteiger partial charge < -0.3 is 138 Å². The van der Waals surface area contributed by atoms with E-state index in [4.69, 9.17) is 28.3 Å². The van der Waals surface area contributed by atoms with Crippen LogP contribution in [0.25, 0.3) is 0 Å². The quantitative estimate of drug-likeness (QED) is 0.0158. The maximum absolute atomic E-state index is 15.4. The number of aliphatic hydroxyl groups excluding tert-OH is 2. The molecule has 4 aromatic rings. The number of rotatable bonds is 26. The zero-order valence-corrected chi connectivity index (χ0v) is 82.5. The summed E-state index contributed by atoms with van der Waals surface area (Å²) in [4.78, 5) is 303. The zero-order valence-electron chi connectivity index (χ0n) is 82.5. The fraction of sp³-hybridized carbons (Fsp3) is 0.562. The Morgan fingerprint density at radius 2 is 0.715 bits per heavy atom.